The van der Waals surface area contributed by atoms with Crippen molar-refractivity contribution in [2.45, 2.75) is 9.10 Å². The van der Waals surface area contributed by atoms with Crippen LogP contribution in [0.1, 0.15) is 16.2 Å². The summed E-state index contributed by atoms with van der Waals surface area (Å²) in [6.07, 6.45) is 1.09. The third-order valence-electron chi connectivity index (χ3n) is 2.66. The highest BCUT2D eigenvalue weighted by molar-refractivity contribution is 8.01. The SMILES string of the molecule is O=C(C=C(O)c1nn[nH]n1)c1csc(Sc2ccccc2)c1. The molecule has 0 fully saturated rings. The van der Waals surface area contributed by atoms with Gasteiger partial charge in [0.2, 0.25) is 5.82 Å². The normalized spacial score (nSPS) is 11.5. The number of nitrogens with zero attached hydrogens (tertiary/aromatic N) is 3. The van der Waals surface area contributed by atoms with Crippen LogP contribution in [-0.2, 0) is 0 Å². The van der Waals surface area contributed by atoms with Crippen molar-refractivity contribution < 1.29 is 9.90 Å². The molecule has 0 radical (unpaired) electrons. The summed E-state index contributed by atoms with van der Waals surface area (Å²) in [5.41, 5.74) is 0.512. The molecule has 0 atom stereocenters. The molecular weight excluding hydrogens is 320 g/mol. The summed E-state index contributed by atoms with van der Waals surface area (Å²) in [6.45, 7) is 0. The second-order valence-corrected chi connectivity index (χ2v) is 6.48. The first-order chi connectivity index (χ1) is 10.7. The molecule has 0 saturated heterocycles. The highest BCUT2D eigenvalue weighted by atomic mass is 32.2. The van der Waals surface area contributed by atoms with Gasteiger partial charge in [0.05, 0.1) is 4.21 Å². The van der Waals surface area contributed by atoms with E-state index in [-0.39, 0.29) is 17.4 Å². The Morgan fingerprint density at radius 2 is 2.14 bits per heavy atom. The van der Waals surface area contributed by atoms with Crippen molar-refractivity contribution in [2.24, 2.45) is 0 Å². The van der Waals surface area contributed by atoms with E-state index >= 15 is 0 Å². The Kier molecular flexibility index (Phi) is 4.31. The number of carbonyl (C=O) groups is 1. The maximum absolute atomic E-state index is 12.1. The number of aliphatic hydroxyl groups is 1. The summed E-state index contributed by atoms with van der Waals surface area (Å²) in [6, 6.07) is 11.7. The van der Waals surface area contributed by atoms with Gasteiger partial charge in [-0.15, -0.1) is 21.5 Å². The molecule has 3 rings (SSSR count). The van der Waals surface area contributed by atoms with Gasteiger partial charge in [-0.25, -0.2) is 0 Å². The Morgan fingerprint density at radius 3 is 2.86 bits per heavy atom. The third kappa shape index (κ3) is 3.41. The van der Waals surface area contributed by atoms with E-state index in [0.717, 1.165) is 15.2 Å². The van der Waals surface area contributed by atoms with E-state index in [2.05, 4.69) is 20.6 Å². The molecule has 2 N–H and O–H groups in total. The zero-order valence-corrected chi connectivity index (χ0v) is 12.8. The van der Waals surface area contributed by atoms with E-state index in [0.29, 0.717) is 5.56 Å². The van der Waals surface area contributed by atoms with Crippen molar-refractivity contribution in [1.82, 2.24) is 20.6 Å². The van der Waals surface area contributed by atoms with Crippen LogP contribution in [0.25, 0.3) is 5.76 Å². The van der Waals surface area contributed by atoms with Gasteiger partial charge in [-0.3, -0.25) is 4.79 Å². The van der Waals surface area contributed by atoms with Crippen LogP contribution in [0.4, 0.5) is 0 Å². The summed E-state index contributed by atoms with van der Waals surface area (Å²) in [4.78, 5) is 13.2. The van der Waals surface area contributed by atoms with Gasteiger partial charge >= 0.3 is 0 Å². The monoisotopic (exact) mass is 330 g/mol. The Morgan fingerprint density at radius 1 is 1.32 bits per heavy atom. The lowest BCUT2D eigenvalue weighted by Gasteiger charge is -1.96. The van der Waals surface area contributed by atoms with Crippen molar-refractivity contribution in [2.75, 3.05) is 0 Å². The van der Waals surface area contributed by atoms with Gasteiger partial charge in [0.15, 0.2) is 11.5 Å². The van der Waals surface area contributed by atoms with Gasteiger partial charge in [-0.05, 0) is 23.4 Å². The first kappa shape index (κ1) is 14.5. The minimum Gasteiger partial charge on any atom is -0.504 e. The number of hydrogen-bond acceptors (Lipinski definition) is 7. The second kappa shape index (κ2) is 6.54. The maximum atomic E-state index is 12.1. The van der Waals surface area contributed by atoms with Crippen LogP contribution in [-0.4, -0.2) is 31.5 Å². The standard InChI is InChI=1S/C14H10N4O2S2/c19-11(7-12(20)14-15-17-18-16-14)9-6-13(21-8-9)22-10-4-2-1-3-5-10/h1-8,20H,(H,15,16,17,18). The molecule has 2 heterocycles. The first-order valence-electron chi connectivity index (χ1n) is 6.22. The number of allylic oxidation sites excluding steroid dienone is 1. The molecule has 0 saturated carbocycles. The largest absolute Gasteiger partial charge is 0.504 e. The molecule has 0 aliphatic heterocycles. The summed E-state index contributed by atoms with van der Waals surface area (Å²) in [5, 5.41) is 24.2. The quantitative estimate of drug-likeness (QED) is 0.424. The zero-order valence-electron chi connectivity index (χ0n) is 11.1. The fourth-order valence-electron chi connectivity index (χ4n) is 1.65. The molecule has 6 nitrogen and oxygen atoms in total. The van der Waals surface area contributed by atoms with Gasteiger partial charge in [0, 0.05) is 21.9 Å². The van der Waals surface area contributed by atoms with E-state index in [4.69, 9.17) is 0 Å². The number of H-pyrrole nitrogens is 1. The summed E-state index contributed by atoms with van der Waals surface area (Å²) in [7, 11) is 0. The number of aliphatic hydroxyl groups excluding tert-OH is 1. The van der Waals surface area contributed by atoms with Gasteiger partial charge in [-0.2, -0.15) is 5.21 Å². The van der Waals surface area contributed by atoms with Crippen molar-refractivity contribution in [3.05, 3.63) is 59.2 Å². The fraction of sp³-hybridized carbons (Fsp3) is 0. The molecule has 8 heteroatoms. The van der Waals surface area contributed by atoms with E-state index < -0.39 is 0 Å². The average Bonchev–Trinajstić information content (AvgIpc) is 3.19. The molecule has 110 valence electrons. The highest BCUT2D eigenvalue weighted by Gasteiger charge is 2.11. The van der Waals surface area contributed by atoms with E-state index in [9.17, 15) is 9.90 Å². The molecule has 22 heavy (non-hydrogen) atoms. The van der Waals surface area contributed by atoms with Crippen LogP contribution < -0.4 is 0 Å². The van der Waals surface area contributed by atoms with Crippen molar-refractivity contribution in [3.8, 4) is 0 Å². The Bertz CT molecular complexity index is 797. The predicted molar refractivity (Wildman–Crippen MR) is 84.0 cm³/mol. The summed E-state index contributed by atoms with van der Waals surface area (Å²) >= 11 is 3.06. The highest BCUT2D eigenvalue weighted by Crippen LogP contribution is 2.32. The molecule has 0 aliphatic carbocycles. The topological polar surface area (TPSA) is 91.8 Å². The van der Waals surface area contributed by atoms with Crippen LogP contribution in [0.5, 0.6) is 0 Å². The van der Waals surface area contributed by atoms with Gasteiger partial charge < -0.3 is 5.11 Å². The lowest BCUT2D eigenvalue weighted by molar-refractivity contribution is 0.104. The molecule has 0 aliphatic rings. The fourth-order valence-corrected chi connectivity index (χ4v) is 3.61. The van der Waals surface area contributed by atoms with Gasteiger partial charge in [0.25, 0.3) is 0 Å². The number of thiophene rings is 1. The lowest BCUT2D eigenvalue weighted by Crippen LogP contribution is -1.95. The predicted octanol–water partition coefficient (Wildman–Crippen LogP) is 3.19. The number of rotatable bonds is 5. The molecule has 2 aromatic heterocycles. The molecule has 0 bridgehead atoms. The summed E-state index contributed by atoms with van der Waals surface area (Å²) < 4.78 is 1.00. The number of aromatic nitrogens is 4. The Balaban J connectivity index is 1.73. The smallest absolute Gasteiger partial charge is 0.239 e. The molecule has 0 unspecified atom stereocenters. The lowest BCUT2D eigenvalue weighted by atomic mass is 10.2. The number of nitrogens with one attached hydrogen (secondary N) is 1. The molecule has 0 amide bonds. The average molecular weight is 330 g/mol. The van der Waals surface area contributed by atoms with Crippen LogP contribution >= 0.6 is 23.1 Å². The Hall–Kier alpha value is -2.45. The third-order valence-corrected chi connectivity index (χ3v) is 4.75. The van der Waals surface area contributed by atoms with E-state index in [1.165, 1.54) is 11.3 Å². The van der Waals surface area contributed by atoms with Crippen LogP contribution in [0.15, 0.2) is 57.0 Å². The number of carbonyl (C=O) groups excluding carboxylic acids is 1. The van der Waals surface area contributed by atoms with Crippen molar-refractivity contribution in [1.29, 1.82) is 0 Å². The number of ketones is 1. The van der Waals surface area contributed by atoms with Crippen molar-refractivity contribution >= 4 is 34.6 Å². The number of benzene rings is 1. The number of hydrogen-bond donors (Lipinski definition) is 2. The first-order valence-corrected chi connectivity index (χ1v) is 7.92. The molecule has 0 spiro atoms. The van der Waals surface area contributed by atoms with Gasteiger partial charge in [-0.1, -0.05) is 30.0 Å². The Labute approximate surface area is 133 Å². The van der Waals surface area contributed by atoms with Crippen LogP contribution in [0.2, 0.25) is 0 Å². The minimum absolute atomic E-state index is 0.0116. The maximum Gasteiger partial charge on any atom is 0.239 e. The second-order valence-electron chi connectivity index (χ2n) is 4.20. The van der Waals surface area contributed by atoms with E-state index in [1.807, 2.05) is 30.3 Å². The van der Waals surface area contributed by atoms with Gasteiger partial charge in [0.1, 0.15) is 0 Å². The zero-order chi connectivity index (χ0) is 15.4. The minimum atomic E-state index is -0.317. The van der Waals surface area contributed by atoms with Crippen LogP contribution in [0, 0.1) is 0 Å². The van der Waals surface area contributed by atoms with Crippen LogP contribution in [0.3, 0.4) is 0 Å². The number of aromatic amines is 1. The summed E-state index contributed by atoms with van der Waals surface area (Å²) in [5.74, 6) is -0.636. The van der Waals surface area contributed by atoms with E-state index in [1.54, 1.807) is 23.2 Å². The van der Waals surface area contributed by atoms with Crippen molar-refractivity contribution in [3.63, 3.8) is 0 Å². The molecule has 3 aromatic rings. The molecular formula is C14H10N4O2S2. The molecule has 1 aromatic carbocycles. The number of tetrazole rings is 1.